The van der Waals surface area contributed by atoms with Gasteiger partial charge in [-0.1, -0.05) is 26.8 Å². The van der Waals surface area contributed by atoms with E-state index in [0.29, 0.717) is 17.5 Å². The number of nitrogens with two attached hydrogens (primary N) is 1. The summed E-state index contributed by atoms with van der Waals surface area (Å²) in [6.45, 7) is 8.01. The van der Waals surface area contributed by atoms with Crippen molar-refractivity contribution in [3.63, 3.8) is 0 Å². The molecule has 0 saturated carbocycles. The summed E-state index contributed by atoms with van der Waals surface area (Å²) in [6, 6.07) is 7.81. The fourth-order valence-corrected chi connectivity index (χ4v) is 2.10. The van der Waals surface area contributed by atoms with Crippen molar-refractivity contribution < 1.29 is 4.74 Å². The number of ether oxygens (including phenoxy) is 1. The minimum Gasteiger partial charge on any atom is -0.439 e. The number of halogens is 1. The summed E-state index contributed by atoms with van der Waals surface area (Å²) in [5.41, 5.74) is 6.55. The van der Waals surface area contributed by atoms with Crippen molar-refractivity contribution in [2.24, 2.45) is 0 Å². The van der Waals surface area contributed by atoms with Crippen molar-refractivity contribution in [3.8, 4) is 11.6 Å². The number of anilines is 1. The van der Waals surface area contributed by atoms with E-state index in [4.69, 9.17) is 10.5 Å². The Morgan fingerprint density at radius 2 is 1.90 bits per heavy atom. The molecule has 0 radical (unpaired) electrons. The van der Waals surface area contributed by atoms with Gasteiger partial charge in [0.15, 0.2) is 0 Å². The highest BCUT2D eigenvalue weighted by molar-refractivity contribution is 14.1. The maximum Gasteiger partial charge on any atom is 0.227 e. The molecule has 0 saturated heterocycles. The van der Waals surface area contributed by atoms with Gasteiger partial charge in [-0.2, -0.15) is 4.98 Å². The molecule has 2 N–H and O–H groups in total. The first-order chi connectivity index (χ1) is 9.27. The quantitative estimate of drug-likeness (QED) is 0.795. The van der Waals surface area contributed by atoms with E-state index < -0.39 is 0 Å². The molecule has 0 atom stereocenters. The van der Waals surface area contributed by atoms with Crippen molar-refractivity contribution in [1.29, 1.82) is 0 Å². The van der Waals surface area contributed by atoms with Crippen molar-refractivity contribution in [2.75, 3.05) is 5.73 Å². The summed E-state index contributed by atoms with van der Waals surface area (Å²) in [4.78, 5) is 8.86. The molecule has 0 unspecified atom stereocenters. The molecule has 1 aromatic carbocycles. The van der Waals surface area contributed by atoms with Crippen LogP contribution in [-0.4, -0.2) is 9.97 Å². The molecule has 0 fully saturated rings. The topological polar surface area (TPSA) is 61.0 Å². The van der Waals surface area contributed by atoms with E-state index in [1.807, 2.05) is 52.0 Å². The summed E-state index contributed by atoms with van der Waals surface area (Å²) in [5.74, 6) is 2.41. The lowest BCUT2D eigenvalue weighted by molar-refractivity contribution is 0.442. The fraction of sp³-hybridized carbons (Fsp3) is 0.333. The van der Waals surface area contributed by atoms with Gasteiger partial charge in [0, 0.05) is 8.99 Å². The van der Waals surface area contributed by atoms with E-state index >= 15 is 0 Å². The lowest BCUT2D eigenvalue weighted by Gasteiger charge is -2.19. The number of benzene rings is 1. The third-order valence-electron chi connectivity index (χ3n) is 2.82. The first-order valence-electron chi connectivity index (χ1n) is 6.35. The fourth-order valence-electron chi connectivity index (χ4n) is 1.59. The van der Waals surface area contributed by atoms with Gasteiger partial charge in [-0.3, -0.25) is 0 Å². The second-order valence-electron chi connectivity index (χ2n) is 5.67. The molecule has 0 aliphatic carbocycles. The normalized spacial score (nSPS) is 11.4. The zero-order valence-electron chi connectivity index (χ0n) is 12.1. The molecule has 0 amide bonds. The van der Waals surface area contributed by atoms with Gasteiger partial charge in [0.25, 0.3) is 0 Å². The second-order valence-corrected chi connectivity index (χ2v) is 6.92. The predicted molar refractivity (Wildman–Crippen MR) is 89.1 cm³/mol. The third-order valence-corrected chi connectivity index (χ3v) is 3.49. The Labute approximate surface area is 132 Å². The largest absolute Gasteiger partial charge is 0.439 e. The SMILES string of the molecule is Cc1c(N)nc(C(C)(C)C)nc1Oc1cccc(I)c1. The smallest absolute Gasteiger partial charge is 0.227 e. The van der Waals surface area contributed by atoms with Crippen LogP contribution in [0.15, 0.2) is 24.3 Å². The van der Waals surface area contributed by atoms with E-state index in [1.54, 1.807) is 0 Å². The average molecular weight is 383 g/mol. The second kappa shape index (κ2) is 5.55. The number of aromatic nitrogens is 2. The maximum atomic E-state index is 5.97. The minimum atomic E-state index is -0.176. The number of nitrogen functional groups attached to an aromatic ring is 1. The van der Waals surface area contributed by atoms with Crippen LogP contribution in [0.2, 0.25) is 0 Å². The Kier molecular flexibility index (Phi) is 4.17. The number of nitrogens with zero attached hydrogens (tertiary/aromatic N) is 2. The molecule has 2 aromatic rings. The zero-order valence-corrected chi connectivity index (χ0v) is 14.2. The van der Waals surface area contributed by atoms with E-state index in [2.05, 4.69) is 32.6 Å². The summed E-state index contributed by atoms with van der Waals surface area (Å²) in [7, 11) is 0. The van der Waals surface area contributed by atoms with Crippen LogP contribution < -0.4 is 10.5 Å². The van der Waals surface area contributed by atoms with Crippen molar-refractivity contribution >= 4 is 28.4 Å². The Morgan fingerprint density at radius 3 is 2.50 bits per heavy atom. The van der Waals surface area contributed by atoms with Crippen LogP contribution in [0.4, 0.5) is 5.82 Å². The van der Waals surface area contributed by atoms with Gasteiger partial charge in [0.05, 0.1) is 5.56 Å². The first kappa shape index (κ1) is 15.0. The predicted octanol–water partition coefficient (Wildman–Crippen LogP) is 4.06. The van der Waals surface area contributed by atoms with E-state index in [0.717, 1.165) is 14.9 Å². The van der Waals surface area contributed by atoms with Crippen LogP contribution >= 0.6 is 22.6 Å². The molecular formula is C15H18IN3O. The van der Waals surface area contributed by atoms with Gasteiger partial charge in [-0.25, -0.2) is 4.98 Å². The van der Waals surface area contributed by atoms with Gasteiger partial charge < -0.3 is 10.5 Å². The van der Waals surface area contributed by atoms with E-state index in [1.165, 1.54) is 0 Å². The zero-order chi connectivity index (χ0) is 14.9. The molecule has 5 heteroatoms. The number of hydrogen-bond donors (Lipinski definition) is 1. The number of rotatable bonds is 2. The summed E-state index contributed by atoms with van der Waals surface area (Å²) >= 11 is 2.25. The monoisotopic (exact) mass is 383 g/mol. The van der Waals surface area contributed by atoms with Crippen molar-refractivity contribution in [2.45, 2.75) is 33.1 Å². The van der Waals surface area contributed by atoms with Crippen LogP contribution in [-0.2, 0) is 5.41 Å². The van der Waals surface area contributed by atoms with Gasteiger partial charge in [0.2, 0.25) is 5.88 Å². The first-order valence-corrected chi connectivity index (χ1v) is 7.43. The Bertz CT molecular complexity index is 636. The lowest BCUT2D eigenvalue weighted by atomic mass is 9.95. The van der Waals surface area contributed by atoms with Crippen molar-refractivity contribution in [3.05, 3.63) is 39.2 Å². The third kappa shape index (κ3) is 3.39. The summed E-state index contributed by atoms with van der Waals surface area (Å²) in [6.07, 6.45) is 0. The molecule has 20 heavy (non-hydrogen) atoms. The van der Waals surface area contributed by atoms with Crippen LogP contribution in [0.1, 0.15) is 32.2 Å². The molecule has 106 valence electrons. The summed E-state index contributed by atoms with van der Waals surface area (Å²) in [5, 5.41) is 0. The Balaban J connectivity index is 2.43. The van der Waals surface area contributed by atoms with E-state index in [-0.39, 0.29) is 5.41 Å². The molecule has 4 nitrogen and oxygen atoms in total. The Morgan fingerprint density at radius 1 is 1.20 bits per heavy atom. The average Bonchev–Trinajstić information content (AvgIpc) is 2.33. The molecule has 1 heterocycles. The van der Waals surface area contributed by atoms with Crippen molar-refractivity contribution in [1.82, 2.24) is 9.97 Å². The van der Waals surface area contributed by atoms with Crippen LogP contribution in [0.3, 0.4) is 0 Å². The van der Waals surface area contributed by atoms with Crippen LogP contribution in [0.5, 0.6) is 11.6 Å². The van der Waals surface area contributed by atoms with Crippen LogP contribution in [0.25, 0.3) is 0 Å². The van der Waals surface area contributed by atoms with Gasteiger partial charge >= 0.3 is 0 Å². The molecule has 0 bridgehead atoms. The van der Waals surface area contributed by atoms with Crippen LogP contribution in [0, 0.1) is 10.5 Å². The molecule has 0 aliphatic rings. The van der Waals surface area contributed by atoms with Gasteiger partial charge in [-0.05, 0) is 47.7 Å². The standard InChI is InChI=1S/C15H18IN3O/c1-9-12(17)18-14(15(2,3)4)19-13(9)20-11-7-5-6-10(16)8-11/h5-8H,1-4H3,(H2,17,18,19). The minimum absolute atomic E-state index is 0.176. The highest BCUT2D eigenvalue weighted by atomic mass is 127. The Hall–Kier alpha value is -1.37. The van der Waals surface area contributed by atoms with Gasteiger partial charge in [0.1, 0.15) is 17.4 Å². The van der Waals surface area contributed by atoms with Gasteiger partial charge in [-0.15, -0.1) is 0 Å². The highest BCUT2D eigenvalue weighted by Gasteiger charge is 2.21. The number of hydrogen-bond acceptors (Lipinski definition) is 4. The maximum absolute atomic E-state index is 5.97. The summed E-state index contributed by atoms with van der Waals surface area (Å²) < 4.78 is 6.98. The molecule has 0 aliphatic heterocycles. The highest BCUT2D eigenvalue weighted by Crippen LogP contribution is 2.29. The molecule has 1 aromatic heterocycles. The molecule has 2 rings (SSSR count). The molecule has 0 spiro atoms. The molecular weight excluding hydrogens is 365 g/mol. The lowest BCUT2D eigenvalue weighted by Crippen LogP contribution is -2.18. The van der Waals surface area contributed by atoms with E-state index in [9.17, 15) is 0 Å².